The van der Waals surface area contributed by atoms with Gasteiger partial charge in [-0.25, -0.2) is 9.78 Å². The van der Waals surface area contributed by atoms with Crippen LogP contribution in [0.3, 0.4) is 0 Å². The summed E-state index contributed by atoms with van der Waals surface area (Å²) in [6.45, 7) is 0.516. The molecule has 1 saturated carbocycles. The number of hydrogen-bond acceptors (Lipinski definition) is 6. The Bertz CT molecular complexity index is 527. The van der Waals surface area contributed by atoms with Gasteiger partial charge in [-0.2, -0.15) is 0 Å². The van der Waals surface area contributed by atoms with E-state index in [-0.39, 0.29) is 24.0 Å². The molecule has 0 radical (unpaired) electrons. The fourth-order valence-corrected chi connectivity index (χ4v) is 3.36. The first-order valence-corrected chi connectivity index (χ1v) is 7.45. The highest BCUT2D eigenvalue weighted by Gasteiger charge is 2.53. The van der Waals surface area contributed by atoms with Gasteiger partial charge in [0.2, 0.25) is 0 Å². The van der Waals surface area contributed by atoms with Crippen molar-refractivity contribution in [2.24, 2.45) is 5.92 Å². The molecular formula is C11H11BrN2O4S. The van der Waals surface area contributed by atoms with Crippen molar-refractivity contribution in [2.45, 2.75) is 25.0 Å². The molecule has 8 heteroatoms. The topological polar surface area (TPSA) is 77.5 Å². The predicted molar refractivity (Wildman–Crippen MR) is 69.5 cm³/mol. The molecule has 0 bridgehead atoms. The molecule has 1 aliphatic carbocycles. The molecule has 102 valence electrons. The smallest absolute Gasteiger partial charge is 0.407 e. The number of cyclic esters (lactones) is 1. The lowest BCUT2D eigenvalue weighted by atomic mass is 9.69. The summed E-state index contributed by atoms with van der Waals surface area (Å²) in [7, 11) is 0. The van der Waals surface area contributed by atoms with Crippen molar-refractivity contribution < 1.29 is 19.1 Å². The SMILES string of the molecule is O=C1NC2(CO1)CC(C(=O)OCc1ncsc1Br)C2. The molecule has 1 saturated heterocycles. The van der Waals surface area contributed by atoms with Crippen LogP contribution in [0.1, 0.15) is 18.5 Å². The first-order valence-electron chi connectivity index (χ1n) is 5.77. The van der Waals surface area contributed by atoms with Crippen LogP contribution >= 0.6 is 27.3 Å². The van der Waals surface area contributed by atoms with E-state index >= 15 is 0 Å². The van der Waals surface area contributed by atoms with Crippen LogP contribution in [0.5, 0.6) is 0 Å². The Morgan fingerprint density at radius 2 is 2.47 bits per heavy atom. The van der Waals surface area contributed by atoms with Gasteiger partial charge in [0.25, 0.3) is 0 Å². The van der Waals surface area contributed by atoms with Crippen LogP contribution in [-0.2, 0) is 20.9 Å². The summed E-state index contributed by atoms with van der Waals surface area (Å²) in [5.74, 6) is -0.411. The first-order chi connectivity index (χ1) is 9.08. The zero-order valence-electron chi connectivity index (χ0n) is 9.85. The van der Waals surface area contributed by atoms with Crippen LogP contribution in [0.4, 0.5) is 4.79 Å². The largest absolute Gasteiger partial charge is 0.459 e. The lowest BCUT2D eigenvalue weighted by Gasteiger charge is -2.41. The molecule has 1 aromatic rings. The van der Waals surface area contributed by atoms with Crippen LogP contribution in [-0.4, -0.2) is 29.2 Å². The highest BCUT2D eigenvalue weighted by atomic mass is 79.9. The Morgan fingerprint density at radius 1 is 1.68 bits per heavy atom. The molecule has 1 N–H and O–H groups in total. The number of aromatic nitrogens is 1. The maximum Gasteiger partial charge on any atom is 0.407 e. The summed E-state index contributed by atoms with van der Waals surface area (Å²) < 4.78 is 11.0. The second-order valence-corrected chi connectivity index (χ2v) is 6.94. The number of alkyl carbamates (subject to hydrolysis) is 1. The molecule has 3 rings (SSSR count). The van der Waals surface area contributed by atoms with E-state index in [9.17, 15) is 9.59 Å². The minimum Gasteiger partial charge on any atom is -0.459 e. The number of nitrogens with zero attached hydrogens (tertiary/aromatic N) is 1. The number of amides is 1. The van der Waals surface area contributed by atoms with E-state index in [4.69, 9.17) is 9.47 Å². The van der Waals surface area contributed by atoms with Crippen LogP contribution in [0.2, 0.25) is 0 Å². The molecule has 0 atom stereocenters. The summed E-state index contributed by atoms with van der Waals surface area (Å²) in [6.07, 6.45) is 0.754. The van der Waals surface area contributed by atoms with Crippen LogP contribution in [0.25, 0.3) is 0 Å². The quantitative estimate of drug-likeness (QED) is 0.845. The molecule has 1 aliphatic heterocycles. The Labute approximate surface area is 121 Å². The molecule has 2 fully saturated rings. The highest BCUT2D eigenvalue weighted by molar-refractivity contribution is 9.11. The zero-order chi connectivity index (χ0) is 13.5. The van der Waals surface area contributed by atoms with Gasteiger partial charge in [-0.15, -0.1) is 11.3 Å². The number of halogens is 1. The Hall–Kier alpha value is -1.15. The average molecular weight is 347 g/mol. The number of rotatable bonds is 3. The number of hydrogen-bond donors (Lipinski definition) is 1. The zero-order valence-corrected chi connectivity index (χ0v) is 12.3. The summed E-state index contributed by atoms with van der Waals surface area (Å²) in [6, 6.07) is 0. The Kier molecular flexibility index (Phi) is 3.22. The first kappa shape index (κ1) is 12.9. The minimum atomic E-state index is -0.404. The summed E-state index contributed by atoms with van der Waals surface area (Å²) in [5.41, 5.74) is 2.07. The molecule has 0 aromatic carbocycles. The normalized spacial score (nSPS) is 28.7. The van der Waals surface area contributed by atoms with E-state index in [0.29, 0.717) is 19.4 Å². The maximum atomic E-state index is 11.8. The van der Waals surface area contributed by atoms with Gasteiger partial charge in [0.1, 0.15) is 18.9 Å². The van der Waals surface area contributed by atoms with Gasteiger partial charge in [0.15, 0.2) is 0 Å². The molecule has 2 aliphatic rings. The van der Waals surface area contributed by atoms with Crippen LogP contribution in [0, 0.1) is 5.92 Å². The fourth-order valence-electron chi connectivity index (χ4n) is 2.37. The van der Waals surface area contributed by atoms with Crippen molar-refractivity contribution >= 4 is 39.3 Å². The van der Waals surface area contributed by atoms with Gasteiger partial charge in [0.05, 0.1) is 20.8 Å². The van der Waals surface area contributed by atoms with Crippen molar-refractivity contribution in [3.05, 3.63) is 15.0 Å². The van der Waals surface area contributed by atoms with Gasteiger partial charge < -0.3 is 14.8 Å². The van der Waals surface area contributed by atoms with E-state index in [0.717, 1.165) is 9.48 Å². The van der Waals surface area contributed by atoms with Crippen LogP contribution in [0.15, 0.2) is 9.30 Å². The maximum absolute atomic E-state index is 11.8. The van der Waals surface area contributed by atoms with Crippen molar-refractivity contribution in [1.29, 1.82) is 0 Å². The van der Waals surface area contributed by atoms with Gasteiger partial charge in [-0.1, -0.05) is 0 Å². The van der Waals surface area contributed by atoms with Gasteiger partial charge >= 0.3 is 12.1 Å². The third kappa shape index (κ3) is 2.46. The number of carbonyl (C=O) groups excluding carboxylic acids is 2. The van der Waals surface area contributed by atoms with Gasteiger partial charge in [-0.05, 0) is 28.8 Å². The summed E-state index contributed by atoms with van der Waals surface area (Å²) >= 11 is 4.79. The highest BCUT2D eigenvalue weighted by Crippen LogP contribution is 2.41. The van der Waals surface area contributed by atoms with Crippen molar-refractivity contribution in [3.8, 4) is 0 Å². The molecular weight excluding hydrogens is 336 g/mol. The molecule has 1 spiro atoms. The van der Waals surface area contributed by atoms with E-state index < -0.39 is 6.09 Å². The van der Waals surface area contributed by atoms with Gasteiger partial charge in [0, 0.05) is 0 Å². The monoisotopic (exact) mass is 346 g/mol. The Morgan fingerprint density at radius 3 is 3.05 bits per heavy atom. The van der Waals surface area contributed by atoms with E-state index in [1.165, 1.54) is 11.3 Å². The van der Waals surface area contributed by atoms with Crippen molar-refractivity contribution in [2.75, 3.05) is 6.61 Å². The molecule has 1 aromatic heterocycles. The Balaban J connectivity index is 1.48. The predicted octanol–water partition coefficient (Wildman–Crippen LogP) is 1.84. The average Bonchev–Trinajstić information content (AvgIpc) is 2.91. The standard InChI is InChI=1S/C11H11BrN2O4S/c12-8-7(13-5-19-8)3-17-9(15)6-1-11(2-6)4-18-10(16)14-11/h5-6H,1-4H2,(H,14,16). The lowest BCUT2D eigenvalue weighted by Crippen LogP contribution is -2.56. The van der Waals surface area contributed by atoms with Crippen LogP contribution < -0.4 is 5.32 Å². The van der Waals surface area contributed by atoms with E-state index in [2.05, 4.69) is 26.2 Å². The van der Waals surface area contributed by atoms with Crippen molar-refractivity contribution in [1.82, 2.24) is 10.3 Å². The fraction of sp³-hybridized carbons (Fsp3) is 0.545. The number of ether oxygens (including phenoxy) is 2. The van der Waals surface area contributed by atoms with Gasteiger partial charge in [-0.3, -0.25) is 4.79 Å². The number of esters is 1. The lowest BCUT2D eigenvalue weighted by molar-refractivity contribution is -0.156. The second kappa shape index (κ2) is 4.75. The third-order valence-electron chi connectivity index (χ3n) is 3.40. The molecule has 2 heterocycles. The third-order valence-corrected chi connectivity index (χ3v) is 5.07. The molecule has 1 amide bonds. The minimum absolute atomic E-state index is 0.167. The number of thiazole rings is 1. The van der Waals surface area contributed by atoms with Crippen molar-refractivity contribution in [3.63, 3.8) is 0 Å². The van der Waals surface area contributed by atoms with E-state index in [1.807, 2.05) is 0 Å². The molecule has 19 heavy (non-hydrogen) atoms. The number of nitrogens with one attached hydrogen (secondary N) is 1. The number of carbonyl (C=O) groups is 2. The summed E-state index contributed by atoms with van der Waals surface area (Å²) in [4.78, 5) is 26.9. The molecule has 0 unspecified atom stereocenters. The molecule has 6 nitrogen and oxygen atoms in total. The van der Waals surface area contributed by atoms with E-state index in [1.54, 1.807) is 5.51 Å². The second-order valence-electron chi connectivity index (χ2n) is 4.77. The summed E-state index contributed by atoms with van der Waals surface area (Å²) in [5, 5.41) is 2.74.